The van der Waals surface area contributed by atoms with Gasteiger partial charge in [-0.15, -0.1) is 0 Å². The van der Waals surface area contributed by atoms with Gasteiger partial charge in [0.05, 0.1) is 26.4 Å². The zero-order valence-corrected chi connectivity index (χ0v) is 10.8. The summed E-state index contributed by atoms with van der Waals surface area (Å²) < 4.78 is 16.9. The van der Waals surface area contributed by atoms with Crippen molar-refractivity contribution in [2.45, 2.75) is 32.3 Å². The molecule has 0 aromatic heterocycles. The molecule has 1 unspecified atom stereocenters. The molecule has 0 saturated carbocycles. The van der Waals surface area contributed by atoms with Crippen molar-refractivity contribution in [3.8, 4) is 17.2 Å². The van der Waals surface area contributed by atoms with E-state index in [1.807, 2.05) is 0 Å². The molecule has 1 atom stereocenters. The van der Waals surface area contributed by atoms with Gasteiger partial charge in [-0.2, -0.15) is 0 Å². The molecule has 0 saturated heterocycles. The summed E-state index contributed by atoms with van der Waals surface area (Å²) in [6, 6.07) is 0. The van der Waals surface area contributed by atoms with Gasteiger partial charge in [-0.25, -0.2) is 0 Å². The summed E-state index contributed by atoms with van der Waals surface area (Å²) in [5.74, 6) is 2.60. The average Bonchev–Trinajstić information content (AvgIpc) is 2.96. The first-order valence-electron chi connectivity index (χ1n) is 6.40. The highest BCUT2D eigenvalue weighted by atomic mass is 16.5. The Bertz CT molecular complexity index is 444. The fourth-order valence-corrected chi connectivity index (χ4v) is 2.89. The highest BCUT2D eigenvalue weighted by molar-refractivity contribution is 5.65. The van der Waals surface area contributed by atoms with Crippen LogP contribution in [0, 0.1) is 0 Å². The van der Waals surface area contributed by atoms with Gasteiger partial charge in [-0.05, 0) is 6.92 Å². The SMILES string of the molecule is COc1c2c(c(CC(C)O)c3c1OCC3)OCC2. The normalized spacial score (nSPS) is 17.7. The van der Waals surface area contributed by atoms with E-state index in [9.17, 15) is 5.11 Å². The van der Waals surface area contributed by atoms with Crippen molar-refractivity contribution in [1.82, 2.24) is 0 Å². The van der Waals surface area contributed by atoms with Crippen LogP contribution in [0.2, 0.25) is 0 Å². The van der Waals surface area contributed by atoms with Crippen molar-refractivity contribution < 1.29 is 19.3 Å². The van der Waals surface area contributed by atoms with Crippen LogP contribution in [0.4, 0.5) is 0 Å². The molecule has 2 aliphatic rings. The Morgan fingerprint density at radius 3 is 2.50 bits per heavy atom. The zero-order chi connectivity index (χ0) is 12.7. The molecule has 0 fully saturated rings. The van der Waals surface area contributed by atoms with E-state index in [0.717, 1.165) is 46.8 Å². The zero-order valence-electron chi connectivity index (χ0n) is 10.8. The first-order valence-corrected chi connectivity index (χ1v) is 6.40. The van der Waals surface area contributed by atoms with Crippen LogP contribution in [0.3, 0.4) is 0 Å². The van der Waals surface area contributed by atoms with Crippen molar-refractivity contribution in [1.29, 1.82) is 0 Å². The quantitative estimate of drug-likeness (QED) is 0.883. The third-order valence-corrected chi connectivity index (χ3v) is 3.57. The van der Waals surface area contributed by atoms with E-state index in [1.165, 1.54) is 0 Å². The highest BCUT2D eigenvalue weighted by Crippen LogP contribution is 2.49. The van der Waals surface area contributed by atoms with E-state index in [1.54, 1.807) is 14.0 Å². The molecule has 2 heterocycles. The maximum absolute atomic E-state index is 9.67. The minimum absolute atomic E-state index is 0.378. The average molecular weight is 250 g/mol. The minimum Gasteiger partial charge on any atom is -0.493 e. The molecule has 3 rings (SSSR count). The van der Waals surface area contributed by atoms with Gasteiger partial charge in [0.25, 0.3) is 0 Å². The van der Waals surface area contributed by atoms with E-state index in [4.69, 9.17) is 14.2 Å². The van der Waals surface area contributed by atoms with E-state index >= 15 is 0 Å². The second kappa shape index (κ2) is 4.35. The number of hydrogen-bond donors (Lipinski definition) is 1. The third-order valence-electron chi connectivity index (χ3n) is 3.57. The van der Waals surface area contributed by atoms with Crippen LogP contribution in [0.5, 0.6) is 17.2 Å². The second-order valence-corrected chi connectivity index (χ2v) is 4.88. The number of hydrogen-bond acceptors (Lipinski definition) is 4. The smallest absolute Gasteiger partial charge is 0.168 e. The molecule has 1 aromatic rings. The summed E-state index contributed by atoms with van der Waals surface area (Å²) in [4.78, 5) is 0. The molecule has 0 aliphatic carbocycles. The molecule has 2 aliphatic heterocycles. The molecule has 18 heavy (non-hydrogen) atoms. The Hall–Kier alpha value is -1.42. The lowest BCUT2D eigenvalue weighted by molar-refractivity contribution is 0.193. The molecule has 98 valence electrons. The predicted molar refractivity (Wildman–Crippen MR) is 66.8 cm³/mol. The first-order chi connectivity index (χ1) is 8.72. The molecule has 0 radical (unpaired) electrons. The molecule has 1 N–H and O–H groups in total. The number of aliphatic hydroxyl groups is 1. The van der Waals surface area contributed by atoms with Gasteiger partial charge in [-0.1, -0.05) is 0 Å². The van der Waals surface area contributed by atoms with Crippen molar-refractivity contribution >= 4 is 0 Å². The molecule has 1 aromatic carbocycles. The van der Waals surface area contributed by atoms with E-state index in [2.05, 4.69) is 0 Å². The number of fused-ring (bicyclic) bond motifs is 2. The molecular formula is C14H18O4. The fraction of sp³-hybridized carbons (Fsp3) is 0.571. The van der Waals surface area contributed by atoms with Gasteiger partial charge in [0.1, 0.15) is 5.75 Å². The highest BCUT2D eigenvalue weighted by Gasteiger charge is 2.32. The van der Waals surface area contributed by atoms with Crippen molar-refractivity contribution in [3.63, 3.8) is 0 Å². The molecule has 4 heteroatoms. The molecule has 0 bridgehead atoms. The van der Waals surface area contributed by atoms with Crippen LogP contribution in [-0.4, -0.2) is 31.5 Å². The van der Waals surface area contributed by atoms with Gasteiger partial charge in [0.2, 0.25) is 0 Å². The Morgan fingerprint density at radius 1 is 1.17 bits per heavy atom. The second-order valence-electron chi connectivity index (χ2n) is 4.88. The topological polar surface area (TPSA) is 47.9 Å². The van der Waals surface area contributed by atoms with Crippen LogP contribution in [0.1, 0.15) is 23.6 Å². The van der Waals surface area contributed by atoms with Crippen LogP contribution >= 0.6 is 0 Å². The maximum atomic E-state index is 9.67. The first kappa shape index (κ1) is 11.7. The van der Waals surface area contributed by atoms with Crippen LogP contribution in [-0.2, 0) is 19.3 Å². The Balaban J connectivity index is 2.20. The number of methoxy groups -OCH3 is 1. The maximum Gasteiger partial charge on any atom is 0.168 e. The summed E-state index contributed by atoms with van der Waals surface area (Å²) in [5.41, 5.74) is 3.34. The Labute approximate surface area is 106 Å². The number of benzene rings is 1. The lowest BCUT2D eigenvalue weighted by Gasteiger charge is -2.17. The summed E-state index contributed by atoms with van der Waals surface area (Å²) in [5, 5.41) is 9.67. The van der Waals surface area contributed by atoms with E-state index in [-0.39, 0.29) is 6.10 Å². The van der Waals surface area contributed by atoms with Crippen molar-refractivity contribution in [3.05, 3.63) is 16.7 Å². The monoisotopic (exact) mass is 250 g/mol. The lowest BCUT2D eigenvalue weighted by Crippen LogP contribution is -2.08. The van der Waals surface area contributed by atoms with E-state index < -0.39 is 0 Å². The predicted octanol–water partition coefficient (Wildman–Crippen LogP) is 1.49. The van der Waals surface area contributed by atoms with Gasteiger partial charge < -0.3 is 19.3 Å². The molecule has 0 spiro atoms. The largest absolute Gasteiger partial charge is 0.493 e. The summed E-state index contributed by atoms with van der Waals surface area (Å²) in [6.45, 7) is 3.16. The van der Waals surface area contributed by atoms with Crippen molar-refractivity contribution in [2.75, 3.05) is 20.3 Å². The molecule has 4 nitrogen and oxygen atoms in total. The lowest BCUT2D eigenvalue weighted by atomic mass is 9.95. The summed E-state index contributed by atoms with van der Waals surface area (Å²) in [6.07, 6.45) is 1.95. The van der Waals surface area contributed by atoms with Crippen molar-refractivity contribution in [2.24, 2.45) is 0 Å². The van der Waals surface area contributed by atoms with Crippen LogP contribution in [0.25, 0.3) is 0 Å². The van der Waals surface area contributed by atoms with Crippen LogP contribution in [0.15, 0.2) is 0 Å². The van der Waals surface area contributed by atoms with Crippen LogP contribution < -0.4 is 14.2 Å². The minimum atomic E-state index is -0.378. The van der Waals surface area contributed by atoms with E-state index in [0.29, 0.717) is 19.6 Å². The van der Waals surface area contributed by atoms with Gasteiger partial charge in [0, 0.05) is 36.0 Å². The molecular weight excluding hydrogens is 232 g/mol. The van der Waals surface area contributed by atoms with Gasteiger partial charge in [0.15, 0.2) is 11.5 Å². The third kappa shape index (κ3) is 1.63. The fourth-order valence-electron chi connectivity index (χ4n) is 2.89. The Morgan fingerprint density at radius 2 is 1.83 bits per heavy atom. The van der Waals surface area contributed by atoms with Gasteiger partial charge >= 0.3 is 0 Å². The number of ether oxygens (including phenoxy) is 3. The molecule has 0 amide bonds. The number of rotatable bonds is 3. The summed E-state index contributed by atoms with van der Waals surface area (Å²) in [7, 11) is 1.67. The number of aliphatic hydroxyl groups excluding tert-OH is 1. The summed E-state index contributed by atoms with van der Waals surface area (Å²) >= 11 is 0. The van der Waals surface area contributed by atoms with Gasteiger partial charge in [-0.3, -0.25) is 0 Å². The Kier molecular flexibility index (Phi) is 2.82. The standard InChI is InChI=1S/C14H18O4/c1-8(15)7-11-9-3-5-18-14(9)13(16-2)10-4-6-17-12(10)11/h8,15H,3-7H2,1-2H3.